The van der Waals surface area contributed by atoms with Crippen molar-refractivity contribution in [2.75, 3.05) is 18.4 Å². The average Bonchev–Trinajstić information content (AvgIpc) is 2.90. The Kier molecular flexibility index (Phi) is 9.50. The van der Waals surface area contributed by atoms with Crippen LogP contribution in [-0.2, 0) is 17.5 Å². The third kappa shape index (κ3) is 8.63. The second kappa shape index (κ2) is 12.6. The van der Waals surface area contributed by atoms with Gasteiger partial charge in [-0.25, -0.2) is 13.6 Å². The average molecular weight is 640 g/mol. The number of ether oxygens (including phenoxy) is 1. The van der Waals surface area contributed by atoms with Crippen LogP contribution < -0.4 is 10.6 Å². The molecule has 3 heterocycles. The van der Waals surface area contributed by atoms with E-state index >= 15 is 0 Å². The van der Waals surface area contributed by atoms with Gasteiger partial charge in [-0.1, -0.05) is 17.7 Å². The zero-order valence-corrected chi connectivity index (χ0v) is 25.1. The van der Waals surface area contributed by atoms with Gasteiger partial charge in [0.05, 0.1) is 0 Å². The lowest BCUT2D eigenvalue weighted by molar-refractivity contribution is -0.141. The van der Waals surface area contributed by atoms with Crippen LogP contribution in [0.4, 0.5) is 32.4 Å². The second-order valence-corrected chi connectivity index (χ2v) is 12.0. The minimum atomic E-state index is -4.62. The number of alkyl halides is 5. The first-order valence-electron chi connectivity index (χ1n) is 13.6. The van der Waals surface area contributed by atoms with Crippen molar-refractivity contribution in [3.8, 4) is 11.1 Å². The van der Waals surface area contributed by atoms with E-state index in [1.807, 2.05) is 0 Å². The van der Waals surface area contributed by atoms with Crippen molar-refractivity contribution in [3.63, 3.8) is 0 Å². The first-order chi connectivity index (χ1) is 20.4. The Morgan fingerprint density at radius 1 is 1.07 bits per heavy atom. The Bertz CT molecular complexity index is 1530. The standard InChI is InChI=1S/C30H31ClF5N5O3/c1-17-13-37-23(12-22(17)31)26(42)39-21-10-18(9-20(11-21)19-5-6-24(38-14-19)30(34,35)36)15-41-8-7-29(32,33)25(16-41)40-27(43)44-28(2,3)4/h5-6,9-14,25H,7-8,15-16H2,1-4H3,(H,39,42)(H,40,43)/t25-/m1/s1. The van der Waals surface area contributed by atoms with E-state index in [-0.39, 0.29) is 31.0 Å². The molecule has 0 radical (unpaired) electrons. The molecule has 1 aromatic carbocycles. The number of alkyl carbamates (subject to hydrolysis) is 1. The topological polar surface area (TPSA) is 96.5 Å². The van der Waals surface area contributed by atoms with Gasteiger partial charge in [0.1, 0.15) is 23.0 Å². The highest BCUT2D eigenvalue weighted by atomic mass is 35.5. The van der Waals surface area contributed by atoms with Gasteiger partial charge in [0.15, 0.2) is 0 Å². The largest absolute Gasteiger partial charge is 0.444 e. The van der Waals surface area contributed by atoms with Crippen LogP contribution in [0, 0.1) is 6.92 Å². The number of carbonyl (C=O) groups excluding carboxylic acids is 2. The Hall–Kier alpha value is -3.84. The molecule has 1 atom stereocenters. The molecule has 14 heteroatoms. The molecule has 8 nitrogen and oxygen atoms in total. The molecule has 44 heavy (non-hydrogen) atoms. The maximum Gasteiger partial charge on any atom is 0.433 e. The fourth-order valence-corrected chi connectivity index (χ4v) is 4.69. The van der Waals surface area contributed by atoms with Crippen LogP contribution in [0.5, 0.6) is 0 Å². The molecule has 1 fully saturated rings. The number of hydrogen-bond donors (Lipinski definition) is 2. The zero-order chi connectivity index (χ0) is 32.4. The molecular weight excluding hydrogens is 609 g/mol. The third-order valence-corrected chi connectivity index (χ3v) is 7.12. The molecule has 0 bridgehead atoms. The lowest BCUT2D eigenvalue weighted by Gasteiger charge is -2.38. The first kappa shape index (κ1) is 33.1. The highest BCUT2D eigenvalue weighted by Crippen LogP contribution is 2.33. The third-order valence-electron chi connectivity index (χ3n) is 6.72. The summed E-state index contributed by atoms with van der Waals surface area (Å²) in [4.78, 5) is 34.6. The summed E-state index contributed by atoms with van der Waals surface area (Å²) in [6.07, 6.45) is -3.60. The van der Waals surface area contributed by atoms with Crippen LogP contribution in [-0.4, -0.2) is 57.5 Å². The highest BCUT2D eigenvalue weighted by Gasteiger charge is 2.45. The number of nitrogens with one attached hydrogen (secondary N) is 2. The zero-order valence-electron chi connectivity index (χ0n) is 24.4. The summed E-state index contributed by atoms with van der Waals surface area (Å²) in [6, 6.07) is 6.83. The minimum absolute atomic E-state index is 0.000953. The number of aryl methyl sites for hydroxylation is 1. The summed E-state index contributed by atoms with van der Waals surface area (Å²) in [5.74, 6) is -3.76. The number of rotatable bonds is 6. The molecule has 2 aromatic heterocycles. The van der Waals surface area contributed by atoms with Gasteiger partial charge in [-0.3, -0.25) is 19.7 Å². The molecule has 0 saturated carbocycles. The summed E-state index contributed by atoms with van der Waals surface area (Å²) in [5.41, 5.74) is 0.390. The van der Waals surface area contributed by atoms with Crippen LogP contribution in [0.15, 0.2) is 48.8 Å². The summed E-state index contributed by atoms with van der Waals surface area (Å²) in [6.45, 7) is 6.52. The van der Waals surface area contributed by atoms with Crippen molar-refractivity contribution < 1.29 is 36.3 Å². The van der Waals surface area contributed by atoms with Crippen molar-refractivity contribution in [1.29, 1.82) is 0 Å². The number of carbonyl (C=O) groups is 2. The summed E-state index contributed by atoms with van der Waals surface area (Å²) in [5, 5.41) is 5.34. The van der Waals surface area contributed by atoms with E-state index in [4.69, 9.17) is 16.3 Å². The SMILES string of the molecule is Cc1cnc(C(=O)Nc2cc(CN3CCC(F)(F)[C@H](NC(=O)OC(C)(C)C)C3)cc(-c3ccc(C(F)(F)F)nc3)c2)cc1Cl. The quantitative estimate of drug-likeness (QED) is 0.279. The number of amides is 2. The number of anilines is 1. The molecule has 0 spiro atoms. The number of aromatic nitrogens is 2. The lowest BCUT2D eigenvalue weighted by atomic mass is 9.99. The van der Waals surface area contributed by atoms with Gasteiger partial charge in [-0.15, -0.1) is 0 Å². The molecule has 1 aliphatic heterocycles. The highest BCUT2D eigenvalue weighted by molar-refractivity contribution is 6.31. The van der Waals surface area contributed by atoms with E-state index in [1.165, 1.54) is 18.3 Å². The summed E-state index contributed by atoms with van der Waals surface area (Å²) >= 11 is 6.14. The molecule has 236 valence electrons. The van der Waals surface area contributed by atoms with Gasteiger partial charge in [-0.2, -0.15) is 13.2 Å². The summed E-state index contributed by atoms with van der Waals surface area (Å²) in [7, 11) is 0. The smallest absolute Gasteiger partial charge is 0.433 e. The summed E-state index contributed by atoms with van der Waals surface area (Å²) < 4.78 is 73.9. The molecule has 3 aromatic rings. The van der Waals surface area contributed by atoms with Crippen molar-refractivity contribution in [2.24, 2.45) is 0 Å². The Balaban J connectivity index is 1.61. The van der Waals surface area contributed by atoms with Crippen LogP contribution in [0.3, 0.4) is 0 Å². The van der Waals surface area contributed by atoms with E-state index < -0.39 is 47.9 Å². The van der Waals surface area contributed by atoms with Gasteiger partial charge < -0.3 is 15.4 Å². The number of nitrogens with zero attached hydrogens (tertiary/aromatic N) is 3. The number of halogens is 6. The Labute approximate surface area is 256 Å². The van der Waals surface area contributed by atoms with Gasteiger partial charge in [0.2, 0.25) is 0 Å². The Morgan fingerprint density at radius 3 is 2.41 bits per heavy atom. The second-order valence-electron chi connectivity index (χ2n) is 11.6. The van der Waals surface area contributed by atoms with Gasteiger partial charge in [0, 0.05) is 54.7 Å². The molecule has 2 N–H and O–H groups in total. The minimum Gasteiger partial charge on any atom is -0.444 e. The monoisotopic (exact) mass is 639 g/mol. The number of piperidine rings is 1. The molecular formula is C30H31ClF5N5O3. The van der Waals surface area contributed by atoms with E-state index in [9.17, 15) is 31.5 Å². The van der Waals surface area contributed by atoms with E-state index in [1.54, 1.807) is 50.8 Å². The first-order valence-corrected chi connectivity index (χ1v) is 14.0. The molecule has 1 aliphatic rings. The fourth-order valence-electron chi connectivity index (χ4n) is 4.54. The van der Waals surface area contributed by atoms with Gasteiger partial charge in [-0.05, 0) is 74.7 Å². The van der Waals surface area contributed by atoms with Crippen molar-refractivity contribution in [2.45, 2.75) is 64.4 Å². The van der Waals surface area contributed by atoms with E-state index in [0.717, 1.165) is 12.3 Å². The van der Waals surface area contributed by atoms with Crippen LogP contribution >= 0.6 is 11.6 Å². The lowest BCUT2D eigenvalue weighted by Crippen LogP contribution is -2.58. The maximum absolute atomic E-state index is 14.8. The number of hydrogen-bond acceptors (Lipinski definition) is 6. The Morgan fingerprint density at radius 2 is 1.80 bits per heavy atom. The normalized spacial score (nSPS) is 17.2. The van der Waals surface area contributed by atoms with Gasteiger partial charge >= 0.3 is 12.3 Å². The van der Waals surface area contributed by atoms with Crippen molar-refractivity contribution in [1.82, 2.24) is 20.2 Å². The molecule has 0 unspecified atom stereocenters. The van der Waals surface area contributed by atoms with E-state index in [2.05, 4.69) is 20.6 Å². The van der Waals surface area contributed by atoms with Crippen LogP contribution in [0.2, 0.25) is 5.02 Å². The fraction of sp³-hybridized carbons (Fsp3) is 0.400. The predicted octanol–water partition coefficient (Wildman–Crippen LogP) is 7.11. The maximum atomic E-state index is 14.8. The van der Waals surface area contributed by atoms with Crippen LogP contribution in [0.25, 0.3) is 11.1 Å². The number of likely N-dealkylation sites (tertiary alicyclic amines) is 1. The van der Waals surface area contributed by atoms with Crippen molar-refractivity contribution in [3.05, 3.63) is 76.3 Å². The molecule has 0 aliphatic carbocycles. The molecule has 4 rings (SSSR count). The predicted molar refractivity (Wildman–Crippen MR) is 155 cm³/mol. The van der Waals surface area contributed by atoms with Gasteiger partial charge in [0.25, 0.3) is 11.8 Å². The molecule has 1 saturated heterocycles. The van der Waals surface area contributed by atoms with E-state index in [0.29, 0.717) is 27.3 Å². The van der Waals surface area contributed by atoms with Crippen molar-refractivity contribution >= 4 is 29.3 Å². The number of benzene rings is 1. The number of pyridine rings is 2. The molecule has 2 amide bonds. The van der Waals surface area contributed by atoms with Crippen LogP contribution in [0.1, 0.15) is 54.5 Å².